The van der Waals surface area contributed by atoms with Gasteiger partial charge in [-0.15, -0.1) is 0 Å². The van der Waals surface area contributed by atoms with Crippen molar-refractivity contribution >= 4 is 21.9 Å². The predicted molar refractivity (Wildman–Crippen MR) is 131 cm³/mol. The molecular formula is C26H31BrO6. The molecule has 0 saturated carbocycles. The molecule has 1 aliphatic carbocycles. The van der Waals surface area contributed by atoms with Crippen molar-refractivity contribution in [2.45, 2.75) is 45.3 Å². The third-order valence-electron chi connectivity index (χ3n) is 4.70. The van der Waals surface area contributed by atoms with E-state index in [1.54, 1.807) is 13.0 Å². The molecule has 0 aromatic heterocycles. The Bertz CT molecular complexity index is 940. The molecule has 0 amide bonds. The van der Waals surface area contributed by atoms with Gasteiger partial charge in [0.15, 0.2) is 11.7 Å². The van der Waals surface area contributed by atoms with Crippen molar-refractivity contribution in [2.75, 3.05) is 26.4 Å². The van der Waals surface area contributed by atoms with Gasteiger partial charge in [0.05, 0.1) is 11.1 Å². The van der Waals surface area contributed by atoms with E-state index in [-0.39, 0.29) is 6.42 Å². The molecule has 0 radical (unpaired) electrons. The van der Waals surface area contributed by atoms with Crippen LogP contribution in [0.1, 0.15) is 32.8 Å². The quantitative estimate of drug-likeness (QED) is 0.389. The standard InChI is InChI=1S/C26H31BrO6/c1-4-30-21-11-10-15-26(19-21,33-6-3)14-8-7-9-16-32-23-13-12-20(17-22(23)27)18-24(25(28)29)31-5-2/h7,9-13,15,17,24H,4-6,16,18-19H2,1-3H3,(H,28,29)/b9-7+/t24-,26?/m0/s1. The number of rotatable bonds is 12. The van der Waals surface area contributed by atoms with Crippen molar-refractivity contribution in [3.63, 3.8) is 0 Å². The Morgan fingerprint density at radius 2 is 2.06 bits per heavy atom. The van der Waals surface area contributed by atoms with E-state index in [1.165, 1.54) is 0 Å². The van der Waals surface area contributed by atoms with Crippen molar-refractivity contribution in [3.8, 4) is 17.6 Å². The fraction of sp³-hybridized carbons (Fsp3) is 0.423. The van der Waals surface area contributed by atoms with E-state index < -0.39 is 17.7 Å². The van der Waals surface area contributed by atoms with Crippen LogP contribution in [0.5, 0.6) is 5.75 Å². The van der Waals surface area contributed by atoms with Crippen LogP contribution in [0.2, 0.25) is 0 Å². The van der Waals surface area contributed by atoms with Crippen LogP contribution >= 0.6 is 15.9 Å². The van der Waals surface area contributed by atoms with Crippen LogP contribution < -0.4 is 4.74 Å². The zero-order valence-corrected chi connectivity index (χ0v) is 20.9. The molecular weight excluding hydrogens is 488 g/mol. The highest BCUT2D eigenvalue weighted by atomic mass is 79.9. The average Bonchev–Trinajstić information content (AvgIpc) is 2.77. The van der Waals surface area contributed by atoms with Gasteiger partial charge in [-0.2, -0.15) is 0 Å². The number of aliphatic carboxylic acids is 1. The fourth-order valence-corrected chi connectivity index (χ4v) is 3.82. The molecule has 33 heavy (non-hydrogen) atoms. The normalized spacial score (nSPS) is 18.4. The maximum absolute atomic E-state index is 11.3. The molecule has 0 saturated heterocycles. The topological polar surface area (TPSA) is 74.2 Å². The molecule has 178 valence electrons. The van der Waals surface area contributed by atoms with E-state index in [2.05, 4.69) is 27.8 Å². The average molecular weight is 519 g/mol. The number of hydrogen-bond acceptors (Lipinski definition) is 5. The van der Waals surface area contributed by atoms with Crippen molar-refractivity contribution in [2.24, 2.45) is 0 Å². The summed E-state index contributed by atoms with van der Waals surface area (Å²) in [6, 6.07) is 5.49. The van der Waals surface area contributed by atoms with Crippen molar-refractivity contribution in [3.05, 3.63) is 64.4 Å². The largest absolute Gasteiger partial charge is 0.498 e. The Morgan fingerprint density at radius 1 is 1.24 bits per heavy atom. The van der Waals surface area contributed by atoms with Gasteiger partial charge in [-0.05, 0) is 78.7 Å². The van der Waals surface area contributed by atoms with Crippen LogP contribution in [0.25, 0.3) is 0 Å². The maximum atomic E-state index is 11.3. The second-order valence-corrected chi connectivity index (χ2v) is 8.01. The molecule has 2 rings (SSSR count). The molecule has 1 N–H and O–H groups in total. The molecule has 1 aliphatic rings. The van der Waals surface area contributed by atoms with Gasteiger partial charge in [-0.25, -0.2) is 4.79 Å². The number of hydrogen-bond donors (Lipinski definition) is 1. The number of halogens is 1. The SMILES string of the molecule is CCOC1=CC=CC(C#C/C=C/COc2ccc(C[C@H](OCC)C(=O)O)cc2Br)(OCC)C1. The molecule has 1 aromatic rings. The fourth-order valence-electron chi connectivity index (χ4n) is 3.28. The zero-order chi connectivity index (χ0) is 24.1. The number of ether oxygens (including phenoxy) is 4. The van der Waals surface area contributed by atoms with Gasteiger partial charge in [0.2, 0.25) is 0 Å². The van der Waals surface area contributed by atoms with Crippen molar-refractivity contribution < 1.29 is 28.8 Å². The molecule has 0 heterocycles. The summed E-state index contributed by atoms with van der Waals surface area (Å²) in [7, 11) is 0. The first-order chi connectivity index (χ1) is 15.9. The van der Waals surface area contributed by atoms with Gasteiger partial charge >= 0.3 is 5.97 Å². The van der Waals surface area contributed by atoms with Crippen LogP contribution in [-0.4, -0.2) is 49.2 Å². The van der Waals surface area contributed by atoms with Gasteiger partial charge in [0.1, 0.15) is 18.1 Å². The summed E-state index contributed by atoms with van der Waals surface area (Å²) in [4.78, 5) is 11.3. The van der Waals surface area contributed by atoms with Gasteiger partial charge in [0, 0.05) is 26.1 Å². The number of allylic oxidation sites excluding steroid dienone is 3. The molecule has 1 unspecified atom stereocenters. The molecule has 1 aromatic carbocycles. The van der Waals surface area contributed by atoms with Crippen LogP contribution in [0.4, 0.5) is 0 Å². The van der Waals surface area contributed by atoms with Gasteiger partial charge < -0.3 is 24.1 Å². The highest BCUT2D eigenvalue weighted by Gasteiger charge is 2.29. The lowest BCUT2D eigenvalue weighted by Gasteiger charge is -2.28. The van der Waals surface area contributed by atoms with Gasteiger partial charge in [-0.3, -0.25) is 0 Å². The van der Waals surface area contributed by atoms with Crippen LogP contribution in [0, 0.1) is 11.8 Å². The Hall–Kier alpha value is -2.53. The lowest BCUT2D eigenvalue weighted by Crippen LogP contribution is -2.31. The Balaban J connectivity index is 1.93. The van der Waals surface area contributed by atoms with E-state index in [9.17, 15) is 9.90 Å². The lowest BCUT2D eigenvalue weighted by atomic mass is 9.94. The summed E-state index contributed by atoms with van der Waals surface area (Å²) >= 11 is 3.48. The lowest BCUT2D eigenvalue weighted by molar-refractivity contribution is -0.149. The van der Waals surface area contributed by atoms with Gasteiger partial charge in [0.25, 0.3) is 0 Å². The van der Waals surface area contributed by atoms with Crippen molar-refractivity contribution in [1.82, 2.24) is 0 Å². The number of carboxylic acid groups (broad SMARTS) is 1. The zero-order valence-electron chi connectivity index (χ0n) is 19.3. The van der Waals surface area contributed by atoms with E-state index >= 15 is 0 Å². The summed E-state index contributed by atoms with van der Waals surface area (Å²) in [6.07, 6.45) is 9.38. The van der Waals surface area contributed by atoms with Crippen LogP contribution in [-0.2, 0) is 25.4 Å². The van der Waals surface area contributed by atoms with E-state index in [0.29, 0.717) is 38.6 Å². The first-order valence-electron chi connectivity index (χ1n) is 11.0. The van der Waals surface area contributed by atoms with E-state index in [0.717, 1.165) is 15.8 Å². The Labute approximate surface area is 204 Å². The van der Waals surface area contributed by atoms with E-state index in [1.807, 2.05) is 56.4 Å². The second-order valence-electron chi connectivity index (χ2n) is 7.16. The van der Waals surface area contributed by atoms with Gasteiger partial charge in [-0.1, -0.05) is 24.0 Å². The first-order valence-corrected chi connectivity index (χ1v) is 11.8. The molecule has 0 aliphatic heterocycles. The summed E-state index contributed by atoms with van der Waals surface area (Å²) in [5, 5.41) is 9.24. The molecule has 0 bridgehead atoms. The van der Waals surface area contributed by atoms with Crippen LogP contribution in [0.15, 0.2) is 58.8 Å². The molecule has 6 nitrogen and oxygen atoms in total. The number of carboxylic acids is 1. The third kappa shape index (κ3) is 8.73. The predicted octanol–water partition coefficient (Wildman–Crippen LogP) is 5.08. The monoisotopic (exact) mass is 518 g/mol. The molecule has 7 heteroatoms. The summed E-state index contributed by atoms with van der Waals surface area (Å²) in [6.45, 7) is 7.52. The molecule has 0 spiro atoms. The highest BCUT2D eigenvalue weighted by molar-refractivity contribution is 9.10. The minimum absolute atomic E-state index is 0.285. The van der Waals surface area contributed by atoms with Crippen molar-refractivity contribution in [1.29, 1.82) is 0 Å². The Morgan fingerprint density at radius 3 is 2.73 bits per heavy atom. The summed E-state index contributed by atoms with van der Waals surface area (Å²) < 4.78 is 23.3. The number of carbonyl (C=O) groups is 1. The summed E-state index contributed by atoms with van der Waals surface area (Å²) in [5.74, 6) is 6.78. The smallest absolute Gasteiger partial charge is 0.333 e. The first kappa shape index (κ1) is 26.7. The number of benzene rings is 1. The second kappa shape index (κ2) is 13.9. The molecule has 0 fully saturated rings. The van der Waals surface area contributed by atoms with E-state index in [4.69, 9.17) is 18.9 Å². The minimum atomic E-state index is -0.973. The summed E-state index contributed by atoms with van der Waals surface area (Å²) in [5.41, 5.74) is 0.159. The highest BCUT2D eigenvalue weighted by Crippen LogP contribution is 2.28. The maximum Gasteiger partial charge on any atom is 0.333 e. The molecule has 2 atom stereocenters. The van der Waals surface area contributed by atoms with Crippen LogP contribution in [0.3, 0.4) is 0 Å². The minimum Gasteiger partial charge on any atom is -0.498 e. The Kier molecular flexibility index (Phi) is 11.2. The third-order valence-corrected chi connectivity index (χ3v) is 5.32.